The summed E-state index contributed by atoms with van der Waals surface area (Å²) >= 11 is 8.81. The SMILES string of the molecule is NC(c1ccc(Cl)cc1F)c1ccc(Br)cc1F. The molecule has 0 fully saturated rings. The van der Waals surface area contributed by atoms with Crippen molar-refractivity contribution in [1.82, 2.24) is 0 Å². The highest BCUT2D eigenvalue weighted by Gasteiger charge is 2.17. The van der Waals surface area contributed by atoms with E-state index >= 15 is 0 Å². The number of rotatable bonds is 2. The van der Waals surface area contributed by atoms with Crippen LogP contribution in [0.2, 0.25) is 5.02 Å². The lowest BCUT2D eigenvalue weighted by Crippen LogP contribution is -2.15. The highest BCUT2D eigenvalue weighted by Crippen LogP contribution is 2.27. The number of benzene rings is 2. The average Bonchev–Trinajstić information content (AvgIpc) is 2.28. The molecule has 1 atom stereocenters. The van der Waals surface area contributed by atoms with Crippen LogP contribution in [0.5, 0.6) is 0 Å². The average molecular weight is 333 g/mol. The van der Waals surface area contributed by atoms with Gasteiger partial charge in [0, 0.05) is 20.6 Å². The lowest BCUT2D eigenvalue weighted by atomic mass is 9.99. The van der Waals surface area contributed by atoms with Crippen molar-refractivity contribution in [2.45, 2.75) is 6.04 Å². The summed E-state index contributed by atoms with van der Waals surface area (Å²) in [6.45, 7) is 0. The summed E-state index contributed by atoms with van der Waals surface area (Å²) in [5, 5.41) is 0.278. The maximum absolute atomic E-state index is 13.7. The Kier molecular flexibility index (Phi) is 4.00. The normalized spacial score (nSPS) is 12.5. The molecule has 2 rings (SSSR count). The minimum absolute atomic E-state index is 0.209. The number of hydrogen-bond donors (Lipinski definition) is 1. The zero-order valence-electron chi connectivity index (χ0n) is 9.13. The first kappa shape index (κ1) is 13.5. The number of hydrogen-bond acceptors (Lipinski definition) is 1. The summed E-state index contributed by atoms with van der Waals surface area (Å²) < 4.78 is 28.0. The van der Waals surface area contributed by atoms with E-state index < -0.39 is 17.7 Å². The van der Waals surface area contributed by atoms with Crippen LogP contribution in [0.4, 0.5) is 8.78 Å². The molecule has 0 aliphatic heterocycles. The van der Waals surface area contributed by atoms with Crippen molar-refractivity contribution in [2.24, 2.45) is 5.73 Å². The van der Waals surface area contributed by atoms with E-state index in [1.165, 1.54) is 24.3 Å². The Bertz CT molecular complexity index is 538. The van der Waals surface area contributed by atoms with Crippen LogP contribution in [-0.2, 0) is 0 Å². The maximum atomic E-state index is 13.7. The van der Waals surface area contributed by atoms with Gasteiger partial charge in [0.05, 0.1) is 6.04 Å². The molecule has 0 heterocycles. The highest BCUT2D eigenvalue weighted by atomic mass is 79.9. The van der Waals surface area contributed by atoms with Crippen LogP contribution in [0.25, 0.3) is 0 Å². The van der Waals surface area contributed by atoms with Crippen LogP contribution in [0.15, 0.2) is 40.9 Å². The van der Waals surface area contributed by atoms with E-state index in [2.05, 4.69) is 15.9 Å². The fourth-order valence-corrected chi connectivity index (χ4v) is 2.17. The van der Waals surface area contributed by atoms with Crippen molar-refractivity contribution >= 4 is 27.5 Å². The summed E-state index contributed by atoms with van der Waals surface area (Å²) in [5.74, 6) is -1.02. The molecule has 5 heteroatoms. The van der Waals surface area contributed by atoms with Crippen LogP contribution in [0.3, 0.4) is 0 Å². The summed E-state index contributed by atoms with van der Waals surface area (Å²) in [6.07, 6.45) is 0. The zero-order valence-corrected chi connectivity index (χ0v) is 11.5. The monoisotopic (exact) mass is 331 g/mol. The fraction of sp³-hybridized carbons (Fsp3) is 0.0769. The van der Waals surface area contributed by atoms with Crippen molar-refractivity contribution in [3.8, 4) is 0 Å². The van der Waals surface area contributed by atoms with Gasteiger partial charge in [-0.15, -0.1) is 0 Å². The molecular formula is C13H9BrClF2N. The molecule has 0 spiro atoms. The van der Waals surface area contributed by atoms with Gasteiger partial charge in [0.2, 0.25) is 0 Å². The van der Waals surface area contributed by atoms with E-state index in [-0.39, 0.29) is 16.1 Å². The van der Waals surface area contributed by atoms with Crippen molar-refractivity contribution in [2.75, 3.05) is 0 Å². The van der Waals surface area contributed by atoms with Gasteiger partial charge in [-0.2, -0.15) is 0 Å². The standard InChI is InChI=1S/C13H9BrClF2N/c14-7-1-3-9(11(16)5-7)13(18)10-4-2-8(15)6-12(10)17/h1-6,13H,18H2. The summed E-state index contributed by atoms with van der Waals surface area (Å²) in [6, 6.07) is 7.76. The van der Waals surface area contributed by atoms with Gasteiger partial charge in [0.1, 0.15) is 11.6 Å². The molecule has 2 aromatic rings. The maximum Gasteiger partial charge on any atom is 0.129 e. The molecule has 1 unspecified atom stereocenters. The molecule has 0 aliphatic carbocycles. The van der Waals surface area contributed by atoms with Crippen molar-refractivity contribution in [1.29, 1.82) is 0 Å². The van der Waals surface area contributed by atoms with Gasteiger partial charge < -0.3 is 5.73 Å². The van der Waals surface area contributed by atoms with E-state index in [9.17, 15) is 8.78 Å². The van der Waals surface area contributed by atoms with Crippen LogP contribution < -0.4 is 5.73 Å². The molecule has 1 nitrogen and oxygen atoms in total. The molecule has 0 saturated carbocycles. The summed E-state index contributed by atoms with van der Waals surface area (Å²) in [7, 11) is 0. The Morgan fingerprint density at radius 3 is 2.11 bits per heavy atom. The second-order valence-corrected chi connectivity index (χ2v) is 5.16. The van der Waals surface area contributed by atoms with E-state index in [4.69, 9.17) is 17.3 Å². The lowest BCUT2D eigenvalue weighted by molar-refractivity contribution is 0.575. The van der Waals surface area contributed by atoms with E-state index in [1.807, 2.05) is 0 Å². The molecule has 0 radical (unpaired) electrons. The summed E-state index contributed by atoms with van der Waals surface area (Å²) in [5.41, 5.74) is 6.32. The smallest absolute Gasteiger partial charge is 0.129 e. The van der Waals surface area contributed by atoms with Gasteiger partial charge in [-0.3, -0.25) is 0 Å². The van der Waals surface area contributed by atoms with Gasteiger partial charge in [0.25, 0.3) is 0 Å². The number of nitrogens with two attached hydrogens (primary N) is 1. The van der Waals surface area contributed by atoms with Gasteiger partial charge in [0.15, 0.2) is 0 Å². The summed E-state index contributed by atoms with van der Waals surface area (Å²) in [4.78, 5) is 0. The predicted molar refractivity (Wildman–Crippen MR) is 71.5 cm³/mol. The minimum Gasteiger partial charge on any atom is -0.320 e. The lowest BCUT2D eigenvalue weighted by Gasteiger charge is -2.14. The molecular weight excluding hydrogens is 324 g/mol. The van der Waals surface area contributed by atoms with Crippen LogP contribution in [-0.4, -0.2) is 0 Å². The molecule has 2 aromatic carbocycles. The van der Waals surface area contributed by atoms with E-state index in [0.717, 1.165) is 6.07 Å². The highest BCUT2D eigenvalue weighted by molar-refractivity contribution is 9.10. The third kappa shape index (κ3) is 2.71. The Morgan fingerprint density at radius 2 is 1.56 bits per heavy atom. The molecule has 0 bridgehead atoms. The molecule has 0 aliphatic rings. The van der Waals surface area contributed by atoms with Crippen molar-refractivity contribution in [3.63, 3.8) is 0 Å². The molecule has 2 N–H and O–H groups in total. The zero-order chi connectivity index (χ0) is 13.3. The molecule has 0 saturated heterocycles. The van der Waals surface area contributed by atoms with Crippen LogP contribution >= 0.6 is 27.5 Å². The van der Waals surface area contributed by atoms with Gasteiger partial charge in [-0.1, -0.05) is 39.7 Å². The third-order valence-electron chi connectivity index (χ3n) is 2.60. The molecule has 0 amide bonds. The Morgan fingerprint density at radius 1 is 1.00 bits per heavy atom. The van der Waals surface area contributed by atoms with Gasteiger partial charge in [-0.25, -0.2) is 8.78 Å². The topological polar surface area (TPSA) is 26.0 Å². The fourth-order valence-electron chi connectivity index (χ4n) is 1.67. The Hall–Kier alpha value is -0.970. The molecule has 0 aromatic heterocycles. The van der Waals surface area contributed by atoms with E-state index in [1.54, 1.807) is 6.07 Å². The minimum atomic E-state index is -0.865. The predicted octanol–water partition coefficient (Wildman–Crippen LogP) is 4.43. The Labute approximate surface area is 117 Å². The van der Waals surface area contributed by atoms with Crippen LogP contribution in [0.1, 0.15) is 17.2 Å². The van der Waals surface area contributed by atoms with Crippen molar-refractivity contribution < 1.29 is 8.78 Å². The Balaban J connectivity index is 2.44. The van der Waals surface area contributed by atoms with Crippen LogP contribution in [0, 0.1) is 11.6 Å². The second-order valence-electron chi connectivity index (χ2n) is 3.81. The first-order valence-corrected chi connectivity index (χ1v) is 6.31. The van der Waals surface area contributed by atoms with Gasteiger partial charge >= 0.3 is 0 Å². The molecule has 18 heavy (non-hydrogen) atoms. The van der Waals surface area contributed by atoms with Gasteiger partial charge in [-0.05, 0) is 24.3 Å². The second kappa shape index (κ2) is 5.34. The quantitative estimate of drug-likeness (QED) is 0.865. The first-order valence-electron chi connectivity index (χ1n) is 5.14. The third-order valence-corrected chi connectivity index (χ3v) is 3.32. The van der Waals surface area contributed by atoms with E-state index in [0.29, 0.717) is 4.47 Å². The largest absolute Gasteiger partial charge is 0.320 e. The molecule has 94 valence electrons. The van der Waals surface area contributed by atoms with Crippen molar-refractivity contribution in [3.05, 3.63) is 68.7 Å². The number of halogens is 4. The first-order chi connectivity index (χ1) is 8.49.